The number of hydrogen-bond acceptors (Lipinski definition) is 5. The number of carbonyl (C=O) groups is 1. The van der Waals surface area contributed by atoms with E-state index in [2.05, 4.69) is 15.4 Å². The Morgan fingerprint density at radius 3 is 2.75 bits per heavy atom. The van der Waals surface area contributed by atoms with Crippen LogP contribution in [0.25, 0.3) is 0 Å². The molecule has 0 aliphatic rings. The fourth-order valence-electron chi connectivity index (χ4n) is 1.14. The summed E-state index contributed by atoms with van der Waals surface area (Å²) < 4.78 is 4.99. The zero-order valence-corrected chi connectivity index (χ0v) is 8.70. The molecule has 82 valence electrons. The molecule has 6 nitrogen and oxygen atoms in total. The number of aryl methyl sites for hydroxylation is 1. The van der Waals surface area contributed by atoms with Crippen molar-refractivity contribution in [3.63, 3.8) is 0 Å². The molecule has 16 heavy (non-hydrogen) atoms. The molecule has 0 atom stereocenters. The van der Waals surface area contributed by atoms with Crippen LogP contribution in [0.2, 0.25) is 0 Å². The minimum Gasteiger partial charge on any atom is -0.442 e. The molecule has 0 saturated heterocycles. The molecule has 1 aromatic carbocycles. The topological polar surface area (TPSA) is 69.9 Å². The standard InChI is InChI=1S/C10H10N4O2/c1-8-11-13-14(12-8)10(15)16-7-9-5-3-2-4-6-9/h2-6H,7H2,1H3. The molecule has 0 aliphatic heterocycles. The number of aromatic nitrogens is 4. The highest BCUT2D eigenvalue weighted by molar-refractivity contribution is 5.67. The summed E-state index contributed by atoms with van der Waals surface area (Å²) in [6, 6.07) is 9.39. The average Bonchev–Trinajstić information content (AvgIpc) is 2.74. The van der Waals surface area contributed by atoms with Crippen molar-refractivity contribution in [2.75, 3.05) is 0 Å². The summed E-state index contributed by atoms with van der Waals surface area (Å²) in [5.41, 5.74) is 0.910. The maximum absolute atomic E-state index is 11.4. The molecule has 0 fully saturated rings. The normalized spacial score (nSPS) is 10.1. The first-order valence-corrected chi connectivity index (χ1v) is 4.73. The smallest absolute Gasteiger partial charge is 0.442 e. The first-order valence-electron chi connectivity index (χ1n) is 4.73. The SMILES string of the molecule is Cc1nnn(C(=O)OCc2ccccc2)n1. The van der Waals surface area contributed by atoms with Gasteiger partial charge in [0, 0.05) is 0 Å². The maximum Gasteiger partial charge on any atom is 0.454 e. The van der Waals surface area contributed by atoms with E-state index in [9.17, 15) is 4.79 Å². The second kappa shape index (κ2) is 4.52. The summed E-state index contributed by atoms with van der Waals surface area (Å²) in [5.74, 6) is 0.427. The average molecular weight is 218 g/mol. The number of benzene rings is 1. The van der Waals surface area contributed by atoms with Gasteiger partial charge in [-0.1, -0.05) is 35.1 Å². The molecule has 0 amide bonds. The zero-order valence-electron chi connectivity index (χ0n) is 8.70. The summed E-state index contributed by atoms with van der Waals surface area (Å²) in [6.45, 7) is 1.84. The van der Waals surface area contributed by atoms with Gasteiger partial charge in [-0.3, -0.25) is 0 Å². The van der Waals surface area contributed by atoms with Crippen molar-refractivity contribution in [3.05, 3.63) is 41.7 Å². The number of hydrogen-bond donors (Lipinski definition) is 0. The molecule has 2 rings (SSSR count). The van der Waals surface area contributed by atoms with E-state index in [1.807, 2.05) is 30.3 Å². The molecule has 0 N–H and O–H groups in total. The van der Waals surface area contributed by atoms with E-state index in [0.717, 1.165) is 10.4 Å². The first kappa shape index (κ1) is 10.3. The summed E-state index contributed by atoms with van der Waals surface area (Å²) in [7, 11) is 0. The molecule has 1 heterocycles. The van der Waals surface area contributed by atoms with E-state index >= 15 is 0 Å². The highest BCUT2D eigenvalue weighted by atomic mass is 16.6. The highest BCUT2D eigenvalue weighted by Crippen LogP contribution is 2.01. The van der Waals surface area contributed by atoms with Crippen LogP contribution in [0.4, 0.5) is 4.79 Å². The number of nitrogens with zero attached hydrogens (tertiary/aromatic N) is 4. The quantitative estimate of drug-likeness (QED) is 0.756. The largest absolute Gasteiger partial charge is 0.454 e. The van der Waals surface area contributed by atoms with Gasteiger partial charge in [0.15, 0.2) is 5.82 Å². The Labute approximate surface area is 91.8 Å². The fourth-order valence-corrected chi connectivity index (χ4v) is 1.14. The molecule has 0 bridgehead atoms. The van der Waals surface area contributed by atoms with E-state index in [4.69, 9.17) is 4.74 Å². The molecular formula is C10H10N4O2. The Kier molecular flexibility index (Phi) is 2.90. The number of rotatable bonds is 2. The van der Waals surface area contributed by atoms with Crippen LogP contribution in [0.15, 0.2) is 30.3 Å². The van der Waals surface area contributed by atoms with Crippen LogP contribution in [0.5, 0.6) is 0 Å². The molecule has 0 radical (unpaired) electrons. The number of tetrazole rings is 1. The van der Waals surface area contributed by atoms with E-state index in [0.29, 0.717) is 5.82 Å². The van der Waals surface area contributed by atoms with E-state index in [1.54, 1.807) is 6.92 Å². The van der Waals surface area contributed by atoms with Crippen molar-refractivity contribution in [1.82, 2.24) is 20.2 Å². The van der Waals surface area contributed by atoms with Crippen LogP contribution in [-0.4, -0.2) is 26.3 Å². The first-order chi connectivity index (χ1) is 7.75. The fraction of sp³-hybridized carbons (Fsp3) is 0.200. The molecule has 0 spiro atoms. The summed E-state index contributed by atoms with van der Waals surface area (Å²) in [6.07, 6.45) is -0.635. The van der Waals surface area contributed by atoms with Gasteiger partial charge in [0.05, 0.1) is 0 Å². The molecule has 0 unspecified atom stereocenters. The van der Waals surface area contributed by atoms with Gasteiger partial charge in [-0.2, -0.15) is 0 Å². The van der Waals surface area contributed by atoms with Crippen LogP contribution in [0.3, 0.4) is 0 Å². The van der Waals surface area contributed by atoms with Crippen molar-refractivity contribution >= 4 is 6.09 Å². The van der Waals surface area contributed by atoms with Crippen LogP contribution in [-0.2, 0) is 11.3 Å². The molecular weight excluding hydrogens is 208 g/mol. The Morgan fingerprint density at radius 2 is 2.12 bits per heavy atom. The predicted octanol–water partition coefficient (Wildman–Crippen LogP) is 1.17. The van der Waals surface area contributed by atoms with Gasteiger partial charge in [-0.15, -0.1) is 10.2 Å². The third-order valence-corrected chi connectivity index (χ3v) is 1.88. The van der Waals surface area contributed by atoms with Crippen LogP contribution < -0.4 is 0 Å². The molecule has 1 aromatic heterocycles. The second-order valence-corrected chi connectivity index (χ2v) is 3.17. The summed E-state index contributed by atoms with van der Waals surface area (Å²) in [5, 5.41) is 10.8. The molecule has 0 aliphatic carbocycles. The Morgan fingerprint density at radius 1 is 1.38 bits per heavy atom. The van der Waals surface area contributed by atoms with Gasteiger partial charge in [0.25, 0.3) is 0 Å². The molecule has 6 heteroatoms. The summed E-state index contributed by atoms with van der Waals surface area (Å²) in [4.78, 5) is 12.2. The van der Waals surface area contributed by atoms with Crippen LogP contribution in [0.1, 0.15) is 11.4 Å². The predicted molar refractivity (Wildman–Crippen MR) is 54.6 cm³/mol. The van der Waals surface area contributed by atoms with Gasteiger partial charge in [-0.25, -0.2) is 4.79 Å². The van der Waals surface area contributed by atoms with E-state index in [-0.39, 0.29) is 6.61 Å². The van der Waals surface area contributed by atoms with Crippen molar-refractivity contribution in [2.45, 2.75) is 13.5 Å². The minimum absolute atomic E-state index is 0.195. The lowest BCUT2D eigenvalue weighted by Gasteiger charge is -2.02. The minimum atomic E-state index is -0.635. The lowest BCUT2D eigenvalue weighted by atomic mass is 10.2. The van der Waals surface area contributed by atoms with Gasteiger partial charge in [0.1, 0.15) is 6.61 Å². The van der Waals surface area contributed by atoms with E-state index in [1.165, 1.54) is 0 Å². The van der Waals surface area contributed by atoms with Gasteiger partial charge in [-0.05, 0) is 17.7 Å². The van der Waals surface area contributed by atoms with Crippen molar-refractivity contribution in [2.24, 2.45) is 0 Å². The highest BCUT2D eigenvalue weighted by Gasteiger charge is 2.09. The maximum atomic E-state index is 11.4. The lowest BCUT2D eigenvalue weighted by molar-refractivity contribution is 0.133. The van der Waals surface area contributed by atoms with Gasteiger partial charge >= 0.3 is 6.09 Å². The van der Waals surface area contributed by atoms with Crippen molar-refractivity contribution < 1.29 is 9.53 Å². The Bertz CT molecular complexity index is 481. The second-order valence-electron chi connectivity index (χ2n) is 3.17. The third kappa shape index (κ3) is 2.41. The monoisotopic (exact) mass is 218 g/mol. The number of ether oxygens (including phenoxy) is 1. The Balaban J connectivity index is 1.94. The van der Waals surface area contributed by atoms with Gasteiger partial charge in [0.2, 0.25) is 0 Å². The summed E-state index contributed by atoms with van der Waals surface area (Å²) >= 11 is 0. The van der Waals surface area contributed by atoms with Crippen molar-refractivity contribution in [3.8, 4) is 0 Å². The van der Waals surface area contributed by atoms with Crippen LogP contribution in [0, 0.1) is 6.92 Å². The zero-order chi connectivity index (χ0) is 11.4. The van der Waals surface area contributed by atoms with E-state index < -0.39 is 6.09 Å². The third-order valence-electron chi connectivity index (χ3n) is 1.88. The number of carbonyl (C=O) groups excluding carboxylic acids is 1. The van der Waals surface area contributed by atoms with Gasteiger partial charge < -0.3 is 4.74 Å². The molecule has 2 aromatic rings. The molecule has 0 saturated carbocycles. The van der Waals surface area contributed by atoms with Crippen LogP contribution >= 0.6 is 0 Å². The Hall–Kier alpha value is -2.24. The van der Waals surface area contributed by atoms with Crippen molar-refractivity contribution in [1.29, 1.82) is 0 Å². The lowest BCUT2D eigenvalue weighted by Crippen LogP contribution is -2.16.